The van der Waals surface area contributed by atoms with E-state index in [0.29, 0.717) is 17.1 Å². The SMILES string of the molecule is COc1cc[nH]c1/C=C1\C(=O)Nc2ccc(F)c(C#C[C@@H](NS(C)(=O)=O)[C@@H](C)O)c21. The third-order valence-electron chi connectivity index (χ3n) is 4.34. The van der Waals surface area contributed by atoms with Gasteiger partial charge in [-0.2, -0.15) is 4.72 Å². The smallest absolute Gasteiger partial charge is 0.256 e. The third-order valence-corrected chi connectivity index (χ3v) is 5.02. The summed E-state index contributed by atoms with van der Waals surface area (Å²) in [5, 5.41) is 12.5. The second kappa shape index (κ2) is 8.31. The molecule has 0 saturated heterocycles. The molecule has 0 aliphatic carbocycles. The fourth-order valence-corrected chi connectivity index (χ4v) is 3.67. The van der Waals surface area contributed by atoms with Crippen LogP contribution in [-0.4, -0.2) is 49.9 Å². The predicted octanol–water partition coefficient (Wildman–Crippen LogP) is 1.31. The lowest BCUT2D eigenvalue weighted by molar-refractivity contribution is -0.110. The Morgan fingerprint density at radius 1 is 1.33 bits per heavy atom. The van der Waals surface area contributed by atoms with Crippen molar-refractivity contribution >= 4 is 33.3 Å². The number of carbonyl (C=O) groups is 1. The Morgan fingerprint density at radius 3 is 2.70 bits per heavy atom. The van der Waals surface area contributed by atoms with Crippen LogP contribution in [0.3, 0.4) is 0 Å². The second-order valence-electron chi connectivity index (χ2n) is 6.69. The zero-order chi connectivity index (χ0) is 22.1. The lowest BCUT2D eigenvalue weighted by atomic mass is 9.98. The van der Waals surface area contributed by atoms with Gasteiger partial charge < -0.3 is 20.1 Å². The van der Waals surface area contributed by atoms with Gasteiger partial charge in [-0.25, -0.2) is 12.8 Å². The molecule has 2 heterocycles. The average molecular weight is 433 g/mol. The van der Waals surface area contributed by atoms with Gasteiger partial charge in [-0.05, 0) is 31.2 Å². The number of nitrogens with one attached hydrogen (secondary N) is 3. The Morgan fingerprint density at radius 2 is 2.07 bits per heavy atom. The van der Waals surface area contributed by atoms with Crippen LogP contribution in [0.2, 0.25) is 0 Å². The van der Waals surface area contributed by atoms with Crippen molar-refractivity contribution in [1.29, 1.82) is 0 Å². The van der Waals surface area contributed by atoms with Crippen molar-refractivity contribution in [3.8, 4) is 17.6 Å². The molecule has 158 valence electrons. The molecule has 30 heavy (non-hydrogen) atoms. The number of aromatic amines is 1. The number of halogens is 1. The Hall–Kier alpha value is -3.13. The topological polar surface area (TPSA) is 121 Å². The second-order valence-corrected chi connectivity index (χ2v) is 8.47. The first-order valence-corrected chi connectivity index (χ1v) is 10.7. The number of benzene rings is 1. The molecule has 8 nitrogen and oxygen atoms in total. The molecular weight excluding hydrogens is 413 g/mol. The number of carbonyl (C=O) groups excluding carboxylic acids is 1. The molecule has 0 saturated carbocycles. The molecule has 0 radical (unpaired) electrons. The van der Waals surface area contributed by atoms with Gasteiger partial charge in [0.25, 0.3) is 5.91 Å². The minimum Gasteiger partial charge on any atom is -0.495 e. The van der Waals surface area contributed by atoms with E-state index in [0.717, 1.165) is 12.3 Å². The van der Waals surface area contributed by atoms with Crippen LogP contribution < -0.4 is 14.8 Å². The summed E-state index contributed by atoms with van der Waals surface area (Å²) in [4.78, 5) is 15.5. The van der Waals surface area contributed by atoms with Gasteiger partial charge in [-0.1, -0.05) is 11.8 Å². The first kappa shape index (κ1) is 21.6. The van der Waals surface area contributed by atoms with Gasteiger partial charge in [-0.15, -0.1) is 0 Å². The molecule has 3 rings (SSSR count). The van der Waals surface area contributed by atoms with E-state index in [-0.39, 0.29) is 16.7 Å². The highest BCUT2D eigenvalue weighted by molar-refractivity contribution is 7.88. The first-order valence-electron chi connectivity index (χ1n) is 8.85. The minimum absolute atomic E-state index is 0.0939. The van der Waals surface area contributed by atoms with E-state index >= 15 is 0 Å². The highest BCUT2D eigenvalue weighted by Crippen LogP contribution is 2.37. The lowest BCUT2D eigenvalue weighted by Crippen LogP contribution is -2.40. The number of anilines is 1. The van der Waals surface area contributed by atoms with E-state index in [4.69, 9.17) is 4.74 Å². The fourth-order valence-electron chi connectivity index (χ4n) is 2.96. The number of rotatable bonds is 5. The van der Waals surface area contributed by atoms with Gasteiger partial charge in [0.1, 0.15) is 17.6 Å². The molecule has 0 fully saturated rings. The van der Waals surface area contributed by atoms with E-state index in [1.807, 2.05) is 0 Å². The summed E-state index contributed by atoms with van der Waals surface area (Å²) in [6, 6.07) is 3.09. The minimum atomic E-state index is -3.66. The molecule has 1 aliphatic rings. The Labute approximate surface area is 173 Å². The number of aromatic nitrogens is 1. The van der Waals surface area contributed by atoms with Crippen LogP contribution in [-0.2, 0) is 14.8 Å². The molecule has 2 atom stereocenters. The Balaban J connectivity index is 2.12. The Kier molecular flexibility index (Phi) is 5.98. The molecule has 1 aromatic heterocycles. The van der Waals surface area contributed by atoms with Gasteiger partial charge in [0.2, 0.25) is 10.0 Å². The standard InChI is InChI=1S/C20H20FN3O5S/c1-11(25)15(24-30(3,27)28)6-4-12-14(21)5-7-16-19(12)13(20(26)23-16)10-17-18(29-2)8-9-22-17/h5,7-11,15,22,24-25H,1-3H3,(H,23,26)/b13-10-/t11-,15-/m1/s1. The van der Waals surface area contributed by atoms with Crippen molar-refractivity contribution in [3.05, 3.63) is 47.0 Å². The summed E-state index contributed by atoms with van der Waals surface area (Å²) in [6.07, 6.45) is 2.93. The largest absolute Gasteiger partial charge is 0.495 e. The van der Waals surface area contributed by atoms with Crippen LogP contribution in [0, 0.1) is 17.7 Å². The van der Waals surface area contributed by atoms with Crippen molar-refractivity contribution < 1.29 is 27.4 Å². The highest BCUT2D eigenvalue weighted by Gasteiger charge is 2.29. The van der Waals surface area contributed by atoms with Crippen LogP contribution in [0.1, 0.15) is 23.7 Å². The average Bonchev–Trinajstić information content (AvgIpc) is 3.23. The summed E-state index contributed by atoms with van der Waals surface area (Å²) in [7, 11) is -2.18. The third kappa shape index (κ3) is 4.54. The first-order chi connectivity index (χ1) is 14.1. The number of sulfonamides is 1. The number of methoxy groups -OCH3 is 1. The maximum atomic E-state index is 14.7. The number of amides is 1. The van der Waals surface area contributed by atoms with Gasteiger partial charge in [0, 0.05) is 11.8 Å². The summed E-state index contributed by atoms with van der Waals surface area (Å²) < 4.78 is 45.1. The number of hydrogen-bond donors (Lipinski definition) is 4. The number of ether oxygens (including phenoxy) is 1. The van der Waals surface area contributed by atoms with E-state index in [2.05, 4.69) is 26.9 Å². The number of hydrogen-bond acceptors (Lipinski definition) is 5. The number of fused-ring (bicyclic) bond motifs is 1. The number of H-pyrrole nitrogens is 1. The Bertz CT molecular complexity index is 1190. The van der Waals surface area contributed by atoms with Crippen LogP contribution in [0.15, 0.2) is 24.4 Å². The zero-order valence-electron chi connectivity index (χ0n) is 16.4. The lowest BCUT2D eigenvalue weighted by Gasteiger charge is -2.14. The van der Waals surface area contributed by atoms with Gasteiger partial charge in [0.05, 0.1) is 42.0 Å². The molecule has 2 aromatic rings. The molecule has 1 aliphatic heterocycles. The molecule has 10 heteroatoms. The zero-order valence-corrected chi connectivity index (χ0v) is 17.2. The maximum absolute atomic E-state index is 14.7. The quantitative estimate of drug-likeness (QED) is 0.419. The van der Waals surface area contributed by atoms with Gasteiger partial charge in [0.15, 0.2) is 0 Å². The molecule has 1 amide bonds. The van der Waals surface area contributed by atoms with E-state index in [1.54, 1.807) is 12.3 Å². The highest BCUT2D eigenvalue weighted by atomic mass is 32.2. The van der Waals surface area contributed by atoms with E-state index in [1.165, 1.54) is 26.2 Å². The van der Waals surface area contributed by atoms with Crippen LogP contribution >= 0.6 is 0 Å². The summed E-state index contributed by atoms with van der Waals surface area (Å²) in [5.41, 5.74) is 1.20. The molecule has 0 unspecified atom stereocenters. The summed E-state index contributed by atoms with van der Waals surface area (Å²) in [6.45, 7) is 1.36. The van der Waals surface area contributed by atoms with Crippen molar-refractivity contribution in [2.75, 3.05) is 18.7 Å². The molecular formula is C20H20FN3O5S. The van der Waals surface area contributed by atoms with Gasteiger partial charge >= 0.3 is 0 Å². The fraction of sp³-hybridized carbons (Fsp3) is 0.250. The molecule has 4 N–H and O–H groups in total. The van der Waals surface area contributed by atoms with Crippen LogP contribution in [0.5, 0.6) is 5.75 Å². The monoisotopic (exact) mass is 433 g/mol. The van der Waals surface area contributed by atoms with E-state index in [9.17, 15) is 22.7 Å². The normalized spacial score (nSPS) is 16.4. The number of aliphatic hydroxyl groups excluding tert-OH is 1. The molecule has 1 aromatic carbocycles. The van der Waals surface area contributed by atoms with Crippen molar-refractivity contribution in [1.82, 2.24) is 9.71 Å². The molecule has 0 bridgehead atoms. The van der Waals surface area contributed by atoms with Crippen molar-refractivity contribution in [2.45, 2.75) is 19.1 Å². The van der Waals surface area contributed by atoms with E-state index < -0.39 is 33.9 Å². The van der Waals surface area contributed by atoms with Crippen LogP contribution in [0.25, 0.3) is 11.6 Å². The van der Waals surface area contributed by atoms with Crippen LogP contribution in [0.4, 0.5) is 10.1 Å². The van der Waals surface area contributed by atoms with Crippen molar-refractivity contribution in [2.24, 2.45) is 0 Å². The number of aliphatic hydroxyl groups is 1. The maximum Gasteiger partial charge on any atom is 0.256 e. The summed E-state index contributed by atoms with van der Waals surface area (Å²) >= 11 is 0. The summed E-state index contributed by atoms with van der Waals surface area (Å²) in [5.74, 6) is 4.50. The predicted molar refractivity (Wildman–Crippen MR) is 111 cm³/mol. The van der Waals surface area contributed by atoms with Crippen molar-refractivity contribution in [3.63, 3.8) is 0 Å². The van der Waals surface area contributed by atoms with Gasteiger partial charge in [-0.3, -0.25) is 4.79 Å². The molecule has 0 spiro atoms.